The third-order valence-electron chi connectivity index (χ3n) is 3.62. The van der Waals surface area contributed by atoms with Crippen molar-refractivity contribution in [1.82, 2.24) is 4.98 Å². The molecule has 18 heavy (non-hydrogen) atoms. The Morgan fingerprint density at radius 1 is 1.28 bits per heavy atom. The minimum atomic E-state index is -0.594. The van der Waals surface area contributed by atoms with Gasteiger partial charge in [0.05, 0.1) is 11.2 Å². The lowest BCUT2D eigenvalue weighted by atomic mass is 9.77. The van der Waals surface area contributed by atoms with Gasteiger partial charge in [0.15, 0.2) is 0 Å². The molecule has 1 aliphatic heterocycles. The molecule has 6 heteroatoms. The molecule has 1 aliphatic rings. The summed E-state index contributed by atoms with van der Waals surface area (Å²) in [5.41, 5.74) is 5.72. The number of carbonyl (C=O) groups excluding carboxylic acids is 1. The molecule has 96 valence electrons. The number of hydrogen-bond acceptors (Lipinski definition) is 5. The third-order valence-corrected chi connectivity index (χ3v) is 3.62. The standard InChI is InChI=1S/C12H17BN2O3/c1-11(2)12(3,4)18-13(17-11)9-6-15-10(14)5-8(9)7-16/h5-7H,1-4H3,(H2,14,15). The molecule has 1 aromatic heterocycles. The zero-order valence-electron chi connectivity index (χ0n) is 11.1. The molecular formula is C12H17BN2O3. The van der Waals surface area contributed by atoms with Crippen molar-refractivity contribution < 1.29 is 14.1 Å². The summed E-state index contributed by atoms with van der Waals surface area (Å²) in [5, 5.41) is 0. The molecule has 0 spiro atoms. The van der Waals surface area contributed by atoms with Gasteiger partial charge in [0.25, 0.3) is 0 Å². The monoisotopic (exact) mass is 248 g/mol. The normalized spacial score (nSPS) is 21.0. The number of hydrogen-bond donors (Lipinski definition) is 1. The van der Waals surface area contributed by atoms with E-state index in [0.717, 1.165) is 6.29 Å². The Balaban J connectivity index is 2.38. The fourth-order valence-corrected chi connectivity index (χ4v) is 1.77. The molecule has 0 radical (unpaired) electrons. The third kappa shape index (κ3) is 2.02. The van der Waals surface area contributed by atoms with Crippen molar-refractivity contribution in [2.24, 2.45) is 0 Å². The SMILES string of the molecule is CC1(C)OB(c2cnc(N)cc2C=O)OC1(C)C. The molecule has 0 aromatic carbocycles. The first-order chi connectivity index (χ1) is 8.27. The number of nitrogen functional groups attached to an aromatic ring is 1. The van der Waals surface area contributed by atoms with Crippen LogP contribution in [0.1, 0.15) is 38.1 Å². The minimum Gasteiger partial charge on any atom is -0.399 e. The second-order valence-corrected chi connectivity index (χ2v) is 5.44. The van der Waals surface area contributed by atoms with Crippen molar-refractivity contribution in [2.45, 2.75) is 38.9 Å². The molecule has 1 saturated heterocycles. The van der Waals surface area contributed by atoms with Gasteiger partial charge in [0.1, 0.15) is 12.1 Å². The Hall–Kier alpha value is -1.40. The smallest absolute Gasteiger partial charge is 0.399 e. The molecule has 0 amide bonds. The van der Waals surface area contributed by atoms with Gasteiger partial charge in [-0.2, -0.15) is 0 Å². The van der Waals surface area contributed by atoms with Crippen molar-refractivity contribution in [3.05, 3.63) is 17.8 Å². The predicted molar refractivity (Wildman–Crippen MR) is 69.8 cm³/mol. The van der Waals surface area contributed by atoms with Crippen LogP contribution in [0.2, 0.25) is 0 Å². The highest BCUT2D eigenvalue weighted by Crippen LogP contribution is 2.36. The Morgan fingerprint density at radius 3 is 2.33 bits per heavy atom. The van der Waals surface area contributed by atoms with Crippen LogP contribution in [-0.2, 0) is 9.31 Å². The fourth-order valence-electron chi connectivity index (χ4n) is 1.77. The first-order valence-corrected chi connectivity index (χ1v) is 5.83. The summed E-state index contributed by atoms with van der Waals surface area (Å²) in [6, 6.07) is 1.52. The van der Waals surface area contributed by atoms with E-state index in [-0.39, 0.29) is 0 Å². The van der Waals surface area contributed by atoms with Crippen LogP contribution in [0.3, 0.4) is 0 Å². The molecule has 2 N–H and O–H groups in total. The lowest BCUT2D eigenvalue weighted by Crippen LogP contribution is -2.41. The van der Waals surface area contributed by atoms with Gasteiger partial charge in [-0.25, -0.2) is 4.98 Å². The zero-order valence-corrected chi connectivity index (χ0v) is 11.1. The van der Waals surface area contributed by atoms with E-state index in [1.54, 1.807) is 0 Å². The van der Waals surface area contributed by atoms with E-state index in [1.807, 2.05) is 27.7 Å². The Morgan fingerprint density at radius 2 is 1.83 bits per heavy atom. The molecule has 1 fully saturated rings. The number of carbonyl (C=O) groups is 1. The summed E-state index contributed by atoms with van der Waals surface area (Å²) >= 11 is 0. The number of aldehydes is 1. The quantitative estimate of drug-likeness (QED) is 0.618. The molecule has 1 aromatic rings. The van der Waals surface area contributed by atoms with Gasteiger partial charge in [-0.05, 0) is 33.8 Å². The Bertz CT molecular complexity index is 472. The molecule has 0 unspecified atom stereocenters. The molecule has 0 bridgehead atoms. The largest absolute Gasteiger partial charge is 0.497 e. The molecule has 2 rings (SSSR count). The van der Waals surface area contributed by atoms with Crippen molar-refractivity contribution in [2.75, 3.05) is 5.73 Å². The van der Waals surface area contributed by atoms with Crippen molar-refractivity contribution in [3.63, 3.8) is 0 Å². The summed E-state index contributed by atoms with van der Waals surface area (Å²) in [6.07, 6.45) is 2.26. The van der Waals surface area contributed by atoms with Crippen molar-refractivity contribution in [1.29, 1.82) is 0 Å². The topological polar surface area (TPSA) is 74.4 Å². The van der Waals surface area contributed by atoms with Crippen molar-refractivity contribution in [3.8, 4) is 0 Å². The maximum Gasteiger partial charge on any atom is 0.497 e. The van der Waals surface area contributed by atoms with Gasteiger partial charge >= 0.3 is 7.12 Å². The molecule has 0 aliphatic carbocycles. The maximum absolute atomic E-state index is 11.1. The molecule has 5 nitrogen and oxygen atoms in total. The van der Waals surface area contributed by atoms with Crippen LogP contribution in [0, 0.1) is 0 Å². The fraction of sp³-hybridized carbons (Fsp3) is 0.500. The van der Waals surface area contributed by atoms with Crippen LogP contribution < -0.4 is 11.2 Å². The Kier molecular flexibility index (Phi) is 2.95. The van der Waals surface area contributed by atoms with E-state index in [1.165, 1.54) is 12.3 Å². The van der Waals surface area contributed by atoms with Crippen LogP contribution in [0.15, 0.2) is 12.3 Å². The van der Waals surface area contributed by atoms with Gasteiger partial charge in [-0.1, -0.05) is 0 Å². The van der Waals surface area contributed by atoms with Crippen molar-refractivity contribution >= 4 is 24.7 Å². The number of nitrogens with two attached hydrogens (primary N) is 1. The molecule has 0 atom stereocenters. The second-order valence-electron chi connectivity index (χ2n) is 5.44. The predicted octanol–water partition coefficient (Wildman–Crippen LogP) is 0.775. The Labute approximate surface area is 107 Å². The molecule has 2 heterocycles. The van der Waals surface area contributed by atoms with Crippen LogP contribution in [-0.4, -0.2) is 29.6 Å². The highest BCUT2D eigenvalue weighted by Gasteiger charge is 2.52. The highest BCUT2D eigenvalue weighted by atomic mass is 16.7. The van der Waals surface area contributed by atoms with Gasteiger partial charge in [0, 0.05) is 17.2 Å². The van der Waals surface area contributed by atoms with E-state index in [4.69, 9.17) is 15.0 Å². The molecule has 0 saturated carbocycles. The first-order valence-electron chi connectivity index (χ1n) is 5.83. The summed E-state index contributed by atoms with van der Waals surface area (Å²) in [6.45, 7) is 7.83. The van der Waals surface area contributed by atoms with E-state index in [2.05, 4.69) is 4.98 Å². The number of nitrogens with zero attached hydrogens (tertiary/aromatic N) is 1. The number of anilines is 1. The zero-order chi connectivity index (χ0) is 13.6. The lowest BCUT2D eigenvalue weighted by Gasteiger charge is -2.32. The van der Waals surface area contributed by atoms with Gasteiger partial charge < -0.3 is 15.0 Å². The average Bonchev–Trinajstić information content (AvgIpc) is 2.47. The van der Waals surface area contributed by atoms with Crippen LogP contribution in [0.5, 0.6) is 0 Å². The van der Waals surface area contributed by atoms with Crippen LogP contribution >= 0.6 is 0 Å². The second kappa shape index (κ2) is 4.07. The van der Waals surface area contributed by atoms with Gasteiger partial charge in [0.2, 0.25) is 0 Å². The van der Waals surface area contributed by atoms with E-state index in [0.29, 0.717) is 16.8 Å². The first kappa shape index (κ1) is 13.0. The number of aromatic nitrogens is 1. The summed E-state index contributed by atoms with van der Waals surface area (Å²) in [4.78, 5) is 15.1. The van der Waals surface area contributed by atoms with Crippen LogP contribution in [0.25, 0.3) is 0 Å². The number of rotatable bonds is 2. The van der Waals surface area contributed by atoms with E-state index in [9.17, 15) is 4.79 Å². The van der Waals surface area contributed by atoms with Crippen LogP contribution in [0.4, 0.5) is 5.82 Å². The van der Waals surface area contributed by atoms with Gasteiger partial charge in [-0.15, -0.1) is 0 Å². The van der Waals surface area contributed by atoms with Gasteiger partial charge in [-0.3, -0.25) is 4.79 Å². The summed E-state index contributed by atoms with van der Waals surface area (Å²) in [7, 11) is -0.594. The summed E-state index contributed by atoms with van der Waals surface area (Å²) in [5.74, 6) is 0.303. The highest BCUT2D eigenvalue weighted by molar-refractivity contribution is 6.63. The average molecular weight is 248 g/mol. The number of pyridine rings is 1. The minimum absolute atomic E-state index is 0.303. The van der Waals surface area contributed by atoms with E-state index >= 15 is 0 Å². The maximum atomic E-state index is 11.1. The summed E-state index contributed by atoms with van der Waals surface area (Å²) < 4.78 is 11.7. The van der Waals surface area contributed by atoms with E-state index < -0.39 is 18.3 Å². The molecular weight excluding hydrogens is 231 g/mol. The lowest BCUT2D eigenvalue weighted by molar-refractivity contribution is 0.00578.